The first-order valence-electron chi connectivity index (χ1n) is 49.0. The number of aromatic nitrogens is 14. The van der Waals surface area contributed by atoms with E-state index in [1.807, 2.05) is 193 Å². The van der Waals surface area contributed by atoms with Crippen LogP contribution >= 0.6 is 0 Å². The van der Waals surface area contributed by atoms with Crippen LogP contribution in [0.1, 0.15) is 72.6 Å². The topological polar surface area (TPSA) is 365 Å². The van der Waals surface area contributed by atoms with Gasteiger partial charge in [-0.15, -0.1) is 35.7 Å². The maximum Gasteiger partial charge on any atom is 0.270 e. The van der Waals surface area contributed by atoms with Crippen molar-refractivity contribution in [1.82, 2.24) is 76.7 Å². The summed E-state index contributed by atoms with van der Waals surface area (Å²) in [4.78, 5) is 7.12. The minimum Gasteiger partial charge on any atom is -0.469 e. The number of nitrogens with one attached hydrogen (secondary N) is 2. The highest BCUT2D eigenvalue weighted by Gasteiger charge is 2.38. The number of hydrogen-bond donors (Lipinski definition) is 9. The van der Waals surface area contributed by atoms with Gasteiger partial charge in [-0.05, 0) is 132 Å². The molecule has 6 fully saturated rings. The number of fused-ring (bicyclic) bond motifs is 7. The van der Waals surface area contributed by atoms with Crippen LogP contribution in [0, 0.1) is 52.0 Å². The third kappa shape index (κ3) is 28.9. The van der Waals surface area contributed by atoms with Crippen LogP contribution in [0.15, 0.2) is 171 Å². The number of nitrogens with two attached hydrogens (primary N) is 7. The number of hydrogen-bond acceptors (Lipinski definition) is 22. The van der Waals surface area contributed by atoms with Crippen LogP contribution in [0.2, 0.25) is 0 Å². The Hall–Kier alpha value is -12.1. The molecular weight excluding hydrogens is 1800 g/mol. The Kier molecular flexibility index (Phi) is 42.3. The molecule has 790 valence electrons. The zero-order valence-electron chi connectivity index (χ0n) is 90.7. The van der Waals surface area contributed by atoms with Crippen LogP contribution < -0.4 is 74.5 Å². The molecule has 14 aromatic heterocycles. The number of nitrogens with zero attached hydrogens (tertiary/aromatic N) is 24. The largest absolute Gasteiger partial charge is 0.469 e. The van der Waals surface area contributed by atoms with Crippen molar-refractivity contribution in [3.63, 3.8) is 0 Å². The molecule has 1 unspecified atom stereocenters. The number of rotatable bonds is 23. The normalized spacial score (nSPS) is 17.1. The van der Waals surface area contributed by atoms with Crippen molar-refractivity contribution >= 4 is 108 Å². The fraction of sp³-hybridized carbons (Fsp3) is 0.477. The predicted molar refractivity (Wildman–Crippen MR) is 600 cm³/mol. The van der Waals surface area contributed by atoms with Gasteiger partial charge in [0.2, 0.25) is 0 Å². The lowest BCUT2D eigenvalue weighted by molar-refractivity contribution is -0.949. The van der Waals surface area contributed by atoms with E-state index in [1.165, 1.54) is 75.7 Å². The lowest BCUT2D eigenvalue weighted by Crippen LogP contribution is -2.56. The van der Waals surface area contributed by atoms with E-state index in [4.69, 9.17) is 54.3 Å². The van der Waals surface area contributed by atoms with Crippen molar-refractivity contribution in [1.29, 1.82) is 0 Å². The van der Waals surface area contributed by atoms with Crippen molar-refractivity contribution < 1.29 is 41.1 Å². The molecule has 16 N–H and O–H groups in total. The Morgan fingerprint density at radius 1 is 0.385 bits per heavy atom. The molecule has 36 heteroatoms. The zero-order valence-corrected chi connectivity index (χ0v) is 90.7. The molecule has 0 radical (unpaired) electrons. The first-order chi connectivity index (χ1) is 65.0. The first-order valence-corrected chi connectivity index (χ1v) is 49.0. The predicted octanol–water partition coefficient (Wildman–Crippen LogP) is 13.2. The van der Waals surface area contributed by atoms with Gasteiger partial charge in [0.25, 0.3) is 17.6 Å². The molecule has 0 amide bonds. The average Bonchev–Trinajstić information content (AvgIpc) is 1.58. The lowest BCUT2D eigenvalue weighted by atomic mass is 10.1. The second kappa shape index (κ2) is 51.4. The molecule has 0 saturated carbocycles. The van der Waals surface area contributed by atoms with Gasteiger partial charge in [0.1, 0.15) is 85.2 Å². The van der Waals surface area contributed by atoms with Crippen LogP contribution in [-0.4, -0.2) is 365 Å². The van der Waals surface area contributed by atoms with Crippen molar-refractivity contribution in [2.75, 3.05) is 309 Å². The fourth-order valence-electron chi connectivity index (χ4n) is 19.0. The Bertz CT molecular complexity index is 6160. The minimum absolute atomic E-state index is 0. The molecule has 14 aromatic rings. The van der Waals surface area contributed by atoms with Gasteiger partial charge < -0.3 is 154 Å². The van der Waals surface area contributed by atoms with Crippen molar-refractivity contribution in [3.05, 3.63) is 223 Å². The number of ether oxygens (including phenoxy) is 3. The summed E-state index contributed by atoms with van der Waals surface area (Å²) in [5.74, 6) is 5.54. The lowest BCUT2D eigenvalue weighted by Gasteiger charge is -2.42. The smallest absolute Gasteiger partial charge is 0.270 e. The third-order valence-electron chi connectivity index (χ3n) is 29.2. The molecule has 6 aliphatic rings. The molecule has 6 aliphatic heterocycles. The number of piperidine rings is 1. The van der Waals surface area contributed by atoms with Gasteiger partial charge in [-0.1, -0.05) is 42.5 Å². The molecule has 0 aromatic carbocycles. The highest BCUT2D eigenvalue weighted by atomic mass is 16.5. The Morgan fingerprint density at radius 3 is 1.15 bits per heavy atom. The van der Waals surface area contributed by atoms with Gasteiger partial charge in [0.05, 0.1) is 220 Å². The molecular formula is C107H179N33O3. The number of pyridine rings is 7. The summed E-state index contributed by atoms with van der Waals surface area (Å²) < 4.78 is 37.0. The fourth-order valence-corrected chi connectivity index (χ4v) is 19.0. The number of quaternary nitrogens is 7. The van der Waals surface area contributed by atoms with E-state index in [9.17, 15) is 0 Å². The van der Waals surface area contributed by atoms with Crippen molar-refractivity contribution in [2.24, 2.45) is 0 Å². The van der Waals surface area contributed by atoms with Crippen molar-refractivity contribution in [2.45, 2.75) is 90.8 Å². The van der Waals surface area contributed by atoms with E-state index in [0.717, 1.165) is 254 Å². The minimum atomic E-state index is 0. The molecule has 6 saturated heterocycles. The Balaban J connectivity index is 0.000000225. The number of likely N-dealkylation sites (N-methyl/N-ethyl adjacent to an activating group) is 5. The van der Waals surface area contributed by atoms with E-state index in [0.29, 0.717) is 54.5 Å². The summed E-state index contributed by atoms with van der Waals surface area (Å²) in [7, 11) is 25.0. The highest BCUT2D eigenvalue weighted by molar-refractivity contribution is 5.85. The monoisotopic (exact) mass is 1970 g/mol. The van der Waals surface area contributed by atoms with E-state index in [-0.39, 0.29) is 52.0 Å². The molecule has 20 heterocycles. The van der Waals surface area contributed by atoms with Crippen LogP contribution in [0.4, 0.5) is 68.9 Å². The van der Waals surface area contributed by atoms with Gasteiger partial charge in [0.15, 0.2) is 23.3 Å². The van der Waals surface area contributed by atoms with E-state index in [1.54, 1.807) is 9.03 Å². The number of anilines is 11. The van der Waals surface area contributed by atoms with Gasteiger partial charge >= 0.3 is 0 Å². The summed E-state index contributed by atoms with van der Waals surface area (Å²) in [6, 6.07) is 43.2. The highest BCUT2D eigenvalue weighted by Crippen LogP contribution is 2.37. The molecule has 0 aliphatic carbocycles. The molecule has 0 spiro atoms. The first kappa shape index (κ1) is 118. The molecule has 0 bridgehead atoms. The summed E-state index contributed by atoms with van der Waals surface area (Å²) >= 11 is 0. The average molecular weight is 1980 g/mol. The zero-order chi connectivity index (χ0) is 96.7. The molecule has 20 rings (SSSR count). The van der Waals surface area contributed by atoms with Gasteiger partial charge in [0, 0.05) is 108 Å². The maximum absolute atomic E-state index is 6.24. The SMILES string of the molecule is CC(C)[N+](C)(CCOc1nn2ccccc2c1N)C(C)C.C[N+](C)(C)C1CCN(c2nn3ccccc3c2N)C1.C[N+]1(C)CCN(CCNc2nn3ccccc3c2N)CC1.C[N+]1(C)CCN(c2nn3ccccc3c2N)CC1.C[N+]1(CCCNc2nn3ccccc3c2N)CCCCC1.C[N+]1(CCOc2nn3ccccc3c2N)CCOCC1.C[N+]1(c2nn3ccccc3c2N)CCCC1.[CH3-].[CH3-].[CH3-].[CH3-].[CH3-].[CH3-].[CH3-]. The quantitative estimate of drug-likeness (QED) is 0.0163. The number of likely N-dealkylation sites (tertiary alicyclic amines) is 2. The second-order valence-corrected chi connectivity index (χ2v) is 41.5. The van der Waals surface area contributed by atoms with Crippen LogP contribution in [-0.2, 0) is 4.74 Å². The number of nitrogen functional groups attached to an aromatic ring is 7. The second-order valence-electron chi connectivity index (χ2n) is 41.5. The molecule has 143 heavy (non-hydrogen) atoms. The molecule has 36 nitrogen and oxygen atoms in total. The number of morpholine rings is 1. The summed E-state index contributed by atoms with van der Waals surface area (Å²) in [6.07, 6.45) is 22.5. The van der Waals surface area contributed by atoms with E-state index >= 15 is 0 Å². The Labute approximate surface area is 854 Å². The van der Waals surface area contributed by atoms with Gasteiger partial charge in [-0.2, -0.15) is 0 Å². The summed E-state index contributed by atoms with van der Waals surface area (Å²) in [5.41, 5.74) is 54.9. The summed E-state index contributed by atoms with van der Waals surface area (Å²) in [6.45, 7) is 36.0. The van der Waals surface area contributed by atoms with Crippen LogP contribution in [0.5, 0.6) is 11.8 Å². The van der Waals surface area contributed by atoms with Crippen molar-refractivity contribution in [3.8, 4) is 11.8 Å². The van der Waals surface area contributed by atoms with E-state index in [2.05, 4.69) is 166 Å². The standard InChI is InChI=1S/C16H26N5.C16H27N4O.C15H25N6.C14H22N5.C14H21N4O2.C13H20N5.C12H17N4.7CH3/c1-21(11-5-2-6-12-21)13-7-9-18-16-15(17)14-8-3-4-10-20(14)19-16;1-12(2)20(5,13(3)4)10-11-21-16-15(17)14-8-6-7-9-19(14)18-16;1-21(2)11-9-19(10-12-21)8-6-17-15-14(16)13-5-3-4-7-20(13)18-15;1-19(2,3)11-7-9-17(10-11)14-13(15)12-6-4-5-8-18(12)16-14;1-18(6-9-19-10-7-18)8-11-20-14-13(15)12-4-2-3-5-17(12)16-14;1-18(2)9-7-16(8-10-18)13-12(14)11-5-3-4-6-17(11)15-13;1-16(8-4-5-9-16)12-11(13)10-6-2-3-7-15(10)14-12;;;;;;;/h3-4,8,10H,2,5-7,9,11-13,17H2,1H3,(H,18,19);6-9,12-13H,10-11,17H2,1-5H3;3-5,7H,6,8-12,16H2,1-2H3,(H,17,18);4-6,8,11H,7,9-10,15H2,1-3H3;2-5H,6-11,15H2,1H3;3-6H,7-10,14H2,1-2H3;2-3,6-7H,4-5,8-9,13H2,1H3;7*1H3/q7*+1;7*-1. The third-order valence-corrected chi connectivity index (χ3v) is 29.2. The number of piperazine rings is 2. The van der Waals surface area contributed by atoms with Crippen LogP contribution in [0.3, 0.4) is 0 Å². The van der Waals surface area contributed by atoms with Gasteiger partial charge in [-0.3, -0.25) is 9.38 Å². The Morgan fingerprint density at radius 2 is 0.748 bits per heavy atom. The maximum atomic E-state index is 6.24. The van der Waals surface area contributed by atoms with Gasteiger partial charge in [-0.25, -0.2) is 31.6 Å². The van der Waals surface area contributed by atoms with E-state index < -0.39 is 0 Å². The molecule has 1 atom stereocenters. The summed E-state index contributed by atoms with van der Waals surface area (Å²) in [5, 5.41) is 38.3. The van der Waals surface area contributed by atoms with Crippen LogP contribution in [0.25, 0.3) is 38.6 Å².